The Hall–Kier alpha value is -2.52. The zero-order chi connectivity index (χ0) is 19.2. The van der Waals surface area contributed by atoms with E-state index in [2.05, 4.69) is 10.6 Å². The maximum absolute atomic E-state index is 13.0. The van der Waals surface area contributed by atoms with Crippen LogP contribution in [0.15, 0.2) is 47.4 Å². The van der Waals surface area contributed by atoms with E-state index in [0.29, 0.717) is 18.7 Å². The number of anilines is 1. The predicted molar refractivity (Wildman–Crippen MR) is 94.0 cm³/mol. The first kappa shape index (κ1) is 19.8. The van der Waals surface area contributed by atoms with Crippen LogP contribution in [0.1, 0.15) is 12.0 Å². The largest absolute Gasteiger partial charge is 0.384 e. The molecule has 0 saturated heterocycles. The van der Waals surface area contributed by atoms with Crippen molar-refractivity contribution < 1.29 is 22.0 Å². The predicted octanol–water partition coefficient (Wildman–Crippen LogP) is 1.77. The number of hydrogen-bond donors (Lipinski definition) is 3. The summed E-state index contributed by atoms with van der Waals surface area (Å²) in [5.74, 6) is -2.07. The Balaban J connectivity index is 1.69. The Bertz CT molecular complexity index is 871. The van der Waals surface area contributed by atoms with Crippen LogP contribution in [0.25, 0.3) is 0 Å². The van der Waals surface area contributed by atoms with Crippen molar-refractivity contribution in [3.63, 3.8) is 0 Å². The van der Waals surface area contributed by atoms with Crippen LogP contribution in [0.5, 0.6) is 0 Å². The molecule has 0 aliphatic heterocycles. The van der Waals surface area contributed by atoms with Gasteiger partial charge in [0.05, 0.1) is 4.90 Å². The molecule has 0 heterocycles. The molecule has 0 fully saturated rings. The van der Waals surface area contributed by atoms with Gasteiger partial charge in [0.15, 0.2) is 11.6 Å². The molecule has 0 aromatic heterocycles. The van der Waals surface area contributed by atoms with Crippen LogP contribution in [0.2, 0.25) is 0 Å². The Kier molecular flexibility index (Phi) is 6.64. The maximum Gasteiger partial charge on any atom is 0.238 e. The third kappa shape index (κ3) is 6.08. The summed E-state index contributed by atoms with van der Waals surface area (Å²) in [7, 11) is -3.71. The molecule has 0 aliphatic rings. The zero-order valence-electron chi connectivity index (χ0n) is 13.8. The highest BCUT2D eigenvalue weighted by atomic mass is 32.2. The summed E-state index contributed by atoms with van der Waals surface area (Å²) in [5.41, 5.74) is 1.25. The van der Waals surface area contributed by atoms with Gasteiger partial charge < -0.3 is 10.6 Å². The van der Waals surface area contributed by atoms with Gasteiger partial charge in [-0.1, -0.05) is 12.1 Å². The summed E-state index contributed by atoms with van der Waals surface area (Å²) in [4.78, 5) is 11.8. The lowest BCUT2D eigenvalue weighted by atomic mass is 10.1. The van der Waals surface area contributed by atoms with Crippen LogP contribution in [-0.2, 0) is 21.2 Å². The molecule has 0 aliphatic carbocycles. The quantitative estimate of drug-likeness (QED) is 0.647. The number of hydrogen-bond acceptors (Lipinski definition) is 4. The van der Waals surface area contributed by atoms with Gasteiger partial charge in [0.2, 0.25) is 15.9 Å². The van der Waals surface area contributed by atoms with E-state index in [-0.39, 0.29) is 23.8 Å². The second-order valence-corrected chi connectivity index (χ2v) is 7.16. The second-order valence-electron chi connectivity index (χ2n) is 5.59. The lowest BCUT2D eigenvalue weighted by Crippen LogP contribution is -2.27. The van der Waals surface area contributed by atoms with E-state index in [1.807, 2.05) is 0 Å². The monoisotopic (exact) mass is 383 g/mol. The van der Waals surface area contributed by atoms with Crippen LogP contribution >= 0.6 is 0 Å². The molecule has 0 unspecified atom stereocenters. The summed E-state index contributed by atoms with van der Waals surface area (Å²) in [6, 6.07) is 9.53. The van der Waals surface area contributed by atoms with Crippen LogP contribution < -0.4 is 15.8 Å². The van der Waals surface area contributed by atoms with Gasteiger partial charge in [0, 0.05) is 25.2 Å². The molecule has 6 nitrogen and oxygen atoms in total. The van der Waals surface area contributed by atoms with E-state index in [9.17, 15) is 22.0 Å². The molecule has 0 atom stereocenters. The molecule has 26 heavy (non-hydrogen) atoms. The summed E-state index contributed by atoms with van der Waals surface area (Å²) >= 11 is 0. The van der Waals surface area contributed by atoms with Crippen molar-refractivity contribution in [2.75, 3.05) is 18.4 Å². The molecule has 0 saturated carbocycles. The minimum atomic E-state index is -3.71. The molecule has 1 amide bonds. The Morgan fingerprint density at radius 2 is 1.69 bits per heavy atom. The zero-order valence-corrected chi connectivity index (χ0v) is 14.7. The van der Waals surface area contributed by atoms with E-state index in [1.54, 1.807) is 12.1 Å². The molecule has 2 aromatic rings. The molecule has 0 radical (unpaired) electrons. The van der Waals surface area contributed by atoms with Gasteiger partial charge in [-0.3, -0.25) is 4.79 Å². The minimum Gasteiger partial charge on any atom is -0.384 e. The van der Waals surface area contributed by atoms with E-state index in [4.69, 9.17) is 5.14 Å². The average Bonchev–Trinajstić information content (AvgIpc) is 2.58. The molecule has 0 bridgehead atoms. The van der Waals surface area contributed by atoms with Crippen molar-refractivity contribution in [2.45, 2.75) is 17.7 Å². The topological polar surface area (TPSA) is 101 Å². The molecule has 140 valence electrons. The molecule has 2 aromatic carbocycles. The maximum atomic E-state index is 13.0. The van der Waals surface area contributed by atoms with Crippen LogP contribution in [-0.4, -0.2) is 27.4 Å². The number of carbonyl (C=O) groups is 1. The van der Waals surface area contributed by atoms with Gasteiger partial charge in [-0.2, -0.15) is 0 Å². The van der Waals surface area contributed by atoms with E-state index in [1.165, 1.54) is 18.2 Å². The lowest BCUT2D eigenvalue weighted by molar-refractivity contribution is -0.120. The average molecular weight is 383 g/mol. The van der Waals surface area contributed by atoms with Gasteiger partial charge >= 0.3 is 0 Å². The smallest absolute Gasteiger partial charge is 0.238 e. The highest BCUT2D eigenvalue weighted by Gasteiger charge is 2.07. The summed E-state index contributed by atoms with van der Waals surface area (Å²) < 4.78 is 48.2. The van der Waals surface area contributed by atoms with Crippen LogP contribution in [0.4, 0.5) is 14.5 Å². The number of sulfonamides is 1. The molecular formula is C17H19F2N3O3S. The lowest BCUT2D eigenvalue weighted by Gasteiger charge is -2.08. The van der Waals surface area contributed by atoms with Crippen LogP contribution in [0, 0.1) is 11.6 Å². The highest BCUT2D eigenvalue weighted by Crippen LogP contribution is 2.13. The van der Waals surface area contributed by atoms with Crippen molar-refractivity contribution in [3.05, 3.63) is 59.7 Å². The van der Waals surface area contributed by atoms with Crippen molar-refractivity contribution in [1.29, 1.82) is 0 Å². The van der Waals surface area contributed by atoms with Gasteiger partial charge in [-0.25, -0.2) is 22.3 Å². The number of benzene rings is 2. The minimum absolute atomic E-state index is 0.0357. The number of nitrogens with two attached hydrogens (primary N) is 1. The highest BCUT2D eigenvalue weighted by molar-refractivity contribution is 7.89. The third-order valence-corrected chi connectivity index (χ3v) is 4.52. The van der Waals surface area contributed by atoms with Gasteiger partial charge in [0.25, 0.3) is 0 Å². The first-order chi connectivity index (χ1) is 12.3. The van der Waals surface area contributed by atoms with E-state index < -0.39 is 21.7 Å². The first-order valence-electron chi connectivity index (χ1n) is 7.83. The van der Waals surface area contributed by atoms with Crippen molar-refractivity contribution in [1.82, 2.24) is 5.32 Å². The number of nitrogens with one attached hydrogen (secondary N) is 2. The Morgan fingerprint density at radius 1 is 1.00 bits per heavy atom. The second kappa shape index (κ2) is 8.72. The standard InChI is InChI=1S/C17H19F2N3O3S/c18-15-6-3-13(11-16(15)19)21-10-8-17(23)22-9-7-12-1-4-14(5-2-12)26(20,24)25/h1-6,11,21H,7-10H2,(H,22,23)(H2,20,24,25). The summed E-state index contributed by atoms with van der Waals surface area (Å²) in [5, 5.41) is 10.6. The molecule has 2 rings (SSSR count). The number of carbonyl (C=O) groups excluding carboxylic acids is 1. The fraction of sp³-hybridized carbons (Fsp3) is 0.235. The number of primary sulfonamides is 1. The normalized spacial score (nSPS) is 11.2. The number of halogens is 2. The Labute approximate surface area is 150 Å². The third-order valence-electron chi connectivity index (χ3n) is 3.59. The summed E-state index contributed by atoms with van der Waals surface area (Å²) in [6.07, 6.45) is 0.705. The van der Waals surface area contributed by atoms with Crippen molar-refractivity contribution in [2.24, 2.45) is 5.14 Å². The van der Waals surface area contributed by atoms with Gasteiger partial charge in [-0.05, 0) is 42.3 Å². The molecule has 9 heteroatoms. The van der Waals surface area contributed by atoms with Crippen LogP contribution in [0.3, 0.4) is 0 Å². The Morgan fingerprint density at radius 3 is 2.31 bits per heavy atom. The van der Waals surface area contributed by atoms with Gasteiger partial charge in [0.1, 0.15) is 0 Å². The first-order valence-corrected chi connectivity index (χ1v) is 9.38. The summed E-state index contributed by atoms with van der Waals surface area (Å²) in [6.45, 7) is 0.665. The fourth-order valence-electron chi connectivity index (χ4n) is 2.21. The number of amides is 1. The van der Waals surface area contributed by atoms with E-state index in [0.717, 1.165) is 17.7 Å². The van der Waals surface area contributed by atoms with Crippen molar-refractivity contribution >= 4 is 21.6 Å². The van der Waals surface area contributed by atoms with Gasteiger partial charge in [-0.15, -0.1) is 0 Å². The number of rotatable bonds is 8. The fourth-order valence-corrected chi connectivity index (χ4v) is 2.72. The SMILES string of the molecule is NS(=O)(=O)c1ccc(CCNC(=O)CCNc2ccc(F)c(F)c2)cc1. The van der Waals surface area contributed by atoms with E-state index >= 15 is 0 Å². The molecule has 0 spiro atoms. The van der Waals surface area contributed by atoms with Crippen molar-refractivity contribution in [3.8, 4) is 0 Å². The molecular weight excluding hydrogens is 364 g/mol. The molecule has 4 N–H and O–H groups in total.